The van der Waals surface area contributed by atoms with Gasteiger partial charge < -0.3 is 10.2 Å². The number of nitrogens with zero attached hydrogens (tertiary/aromatic N) is 2. The summed E-state index contributed by atoms with van der Waals surface area (Å²) in [5, 5.41) is 3.28. The highest BCUT2D eigenvalue weighted by Crippen LogP contribution is 2.15. The molecule has 19 heavy (non-hydrogen) atoms. The SMILES string of the molecule is Cc1cc(F)ccc1CNc1ccc(N(C)C)nc1. The van der Waals surface area contributed by atoms with Crippen molar-refractivity contribution in [2.24, 2.45) is 0 Å². The molecular weight excluding hydrogens is 241 g/mol. The van der Waals surface area contributed by atoms with Crippen LogP contribution in [0.5, 0.6) is 0 Å². The maximum atomic E-state index is 13.0. The summed E-state index contributed by atoms with van der Waals surface area (Å²) in [6.07, 6.45) is 1.80. The van der Waals surface area contributed by atoms with E-state index in [9.17, 15) is 4.39 Å². The van der Waals surface area contributed by atoms with Gasteiger partial charge in [-0.2, -0.15) is 0 Å². The van der Waals surface area contributed by atoms with E-state index >= 15 is 0 Å². The topological polar surface area (TPSA) is 28.2 Å². The molecule has 0 saturated heterocycles. The summed E-state index contributed by atoms with van der Waals surface area (Å²) in [5.74, 6) is 0.724. The highest BCUT2D eigenvalue weighted by atomic mass is 19.1. The molecule has 0 unspecified atom stereocenters. The Hall–Kier alpha value is -2.10. The van der Waals surface area contributed by atoms with Crippen molar-refractivity contribution < 1.29 is 4.39 Å². The predicted octanol–water partition coefficient (Wildman–Crippen LogP) is 3.21. The van der Waals surface area contributed by atoms with E-state index in [4.69, 9.17) is 0 Å². The molecule has 4 heteroatoms. The summed E-state index contributed by atoms with van der Waals surface area (Å²) in [6.45, 7) is 2.57. The Morgan fingerprint density at radius 3 is 2.58 bits per heavy atom. The van der Waals surface area contributed by atoms with Gasteiger partial charge in [-0.25, -0.2) is 9.37 Å². The molecule has 100 valence electrons. The number of halogens is 1. The van der Waals surface area contributed by atoms with E-state index in [2.05, 4.69) is 10.3 Å². The van der Waals surface area contributed by atoms with Gasteiger partial charge in [-0.15, -0.1) is 0 Å². The Labute approximate surface area is 113 Å². The first-order valence-electron chi connectivity index (χ1n) is 6.18. The number of nitrogens with one attached hydrogen (secondary N) is 1. The zero-order chi connectivity index (χ0) is 13.8. The second kappa shape index (κ2) is 5.69. The van der Waals surface area contributed by atoms with E-state index in [1.807, 2.05) is 38.1 Å². The molecule has 1 aromatic heterocycles. The average Bonchev–Trinajstić information content (AvgIpc) is 2.38. The van der Waals surface area contributed by atoms with Gasteiger partial charge in [-0.3, -0.25) is 0 Å². The van der Waals surface area contributed by atoms with Crippen LogP contribution in [0.1, 0.15) is 11.1 Å². The van der Waals surface area contributed by atoms with E-state index in [-0.39, 0.29) is 5.82 Å². The highest BCUT2D eigenvalue weighted by Gasteiger charge is 2.01. The first-order chi connectivity index (χ1) is 9.06. The van der Waals surface area contributed by atoms with E-state index < -0.39 is 0 Å². The van der Waals surface area contributed by atoms with Crippen LogP contribution in [-0.2, 0) is 6.54 Å². The van der Waals surface area contributed by atoms with Gasteiger partial charge in [-0.05, 0) is 42.3 Å². The van der Waals surface area contributed by atoms with Gasteiger partial charge in [0.2, 0.25) is 0 Å². The number of hydrogen-bond donors (Lipinski definition) is 1. The van der Waals surface area contributed by atoms with Crippen LogP contribution in [0.25, 0.3) is 0 Å². The zero-order valence-electron chi connectivity index (χ0n) is 11.4. The molecule has 0 atom stereocenters. The monoisotopic (exact) mass is 259 g/mol. The number of benzene rings is 1. The van der Waals surface area contributed by atoms with E-state index in [0.29, 0.717) is 6.54 Å². The Bertz CT molecular complexity index is 550. The molecule has 0 fully saturated rings. The van der Waals surface area contributed by atoms with Crippen LogP contribution >= 0.6 is 0 Å². The van der Waals surface area contributed by atoms with Crippen LogP contribution in [0.4, 0.5) is 15.9 Å². The van der Waals surface area contributed by atoms with Crippen molar-refractivity contribution in [1.29, 1.82) is 0 Å². The Morgan fingerprint density at radius 2 is 2.00 bits per heavy atom. The number of anilines is 2. The molecule has 0 aliphatic carbocycles. The molecule has 2 rings (SSSR count). The number of aromatic nitrogens is 1. The van der Waals surface area contributed by atoms with Gasteiger partial charge in [-0.1, -0.05) is 6.07 Å². The van der Waals surface area contributed by atoms with Crippen molar-refractivity contribution in [1.82, 2.24) is 4.98 Å². The average molecular weight is 259 g/mol. The Balaban J connectivity index is 2.02. The van der Waals surface area contributed by atoms with Crippen LogP contribution in [0.2, 0.25) is 0 Å². The Kier molecular flexibility index (Phi) is 4.00. The first-order valence-corrected chi connectivity index (χ1v) is 6.18. The quantitative estimate of drug-likeness (QED) is 0.914. The summed E-state index contributed by atoms with van der Waals surface area (Å²) >= 11 is 0. The lowest BCUT2D eigenvalue weighted by Gasteiger charge is -2.12. The fraction of sp³-hybridized carbons (Fsp3) is 0.267. The van der Waals surface area contributed by atoms with Gasteiger partial charge in [0.15, 0.2) is 0 Å². The predicted molar refractivity (Wildman–Crippen MR) is 77.0 cm³/mol. The fourth-order valence-corrected chi connectivity index (χ4v) is 1.81. The second-order valence-corrected chi connectivity index (χ2v) is 4.72. The smallest absolute Gasteiger partial charge is 0.128 e. The normalized spacial score (nSPS) is 10.3. The minimum atomic E-state index is -0.196. The van der Waals surface area contributed by atoms with Crippen molar-refractivity contribution >= 4 is 11.5 Å². The number of aryl methyl sites for hydroxylation is 1. The Morgan fingerprint density at radius 1 is 1.21 bits per heavy atom. The minimum Gasteiger partial charge on any atom is -0.380 e. The van der Waals surface area contributed by atoms with Crippen molar-refractivity contribution in [2.75, 3.05) is 24.3 Å². The van der Waals surface area contributed by atoms with Gasteiger partial charge in [0.25, 0.3) is 0 Å². The fourth-order valence-electron chi connectivity index (χ4n) is 1.81. The molecule has 0 bridgehead atoms. The van der Waals surface area contributed by atoms with Gasteiger partial charge in [0.1, 0.15) is 11.6 Å². The second-order valence-electron chi connectivity index (χ2n) is 4.72. The third kappa shape index (κ3) is 3.44. The van der Waals surface area contributed by atoms with Crippen molar-refractivity contribution in [2.45, 2.75) is 13.5 Å². The number of rotatable bonds is 4. The maximum absolute atomic E-state index is 13.0. The standard InChI is InChI=1S/C15H18FN3/c1-11-8-13(16)5-4-12(11)9-17-14-6-7-15(18-10-14)19(2)3/h4-8,10,17H,9H2,1-3H3. The lowest BCUT2D eigenvalue weighted by molar-refractivity contribution is 0.625. The summed E-state index contributed by atoms with van der Waals surface area (Å²) < 4.78 is 13.0. The molecule has 1 heterocycles. The van der Waals surface area contributed by atoms with Crippen molar-refractivity contribution in [3.05, 3.63) is 53.5 Å². The summed E-state index contributed by atoms with van der Waals surface area (Å²) in [7, 11) is 3.91. The molecule has 2 aromatic rings. The van der Waals surface area contributed by atoms with Gasteiger partial charge >= 0.3 is 0 Å². The molecule has 0 aliphatic rings. The van der Waals surface area contributed by atoms with Gasteiger partial charge in [0, 0.05) is 20.6 Å². The van der Waals surface area contributed by atoms with Crippen molar-refractivity contribution in [3.63, 3.8) is 0 Å². The maximum Gasteiger partial charge on any atom is 0.128 e. The van der Waals surface area contributed by atoms with Crippen LogP contribution in [0.15, 0.2) is 36.5 Å². The summed E-state index contributed by atoms with van der Waals surface area (Å²) in [5.41, 5.74) is 2.98. The van der Waals surface area contributed by atoms with Crippen LogP contribution in [0, 0.1) is 12.7 Å². The number of hydrogen-bond acceptors (Lipinski definition) is 3. The molecule has 0 saturated carbocycles. The molecule has 1 aromatic carbocycles. The van der Waals surface area contributed by atoms with E-state index in [1.54, 1.807) is 18.3 Å². The molecular formula is C15H18FN3. The lowest BCUT2D eigenvalue weighted by Crippen LogP contribution is -2.10. The summed E-state index contributed by atoms with van der Waals surface area (Å²) in [4.78, 5) is 6.28. The van der Waals surface area contributed by atoms with E-state index in [1.165, 1.54) is 6.07 Å². The molecule has 0 aliphatic heterocycles. The third-order valence-electron chi connectivity index (χ3n) is 2.99. The van der Waals surface area contributed by atoms with Crippen LogP contribution < -0.4 is 10.2 Å². The van der Waals surface area contributed by atoms with Gasteiger partial charge in [0.05, 0.1) is 11.9 Å². The molecule has 3 nitrogen and oxygen atoms in total. The molecule has 0 spiro atoms. The highest BCUT2D eigenvalue weighted by molar-refractivity contribution is 5.48. The minimum absolute atomic E-state index is 0.196. The number of pyridine rings is 1. The van der Waals surface area contributed by atoms with Crippen LogP contribution in [0.3, 0.4) is 0 Å². The third-order valence-corrected chi connectivity index (χ3v) is 2.99. The van der Waals surface area contributed by atoms with E-state index in [0.717, 1.165) is 22.6 Å². The van der Waals surface area contributed by atoms with Crippen molar-refractivity contribution in [3.8, 4) is 0 Å². The van der Waals surface area contributed by atoms with Crippen LogP contribution in [-0.4, -0.2) is 19.1 Å². The summed E-state index contributed by atoms with van der Waals surface area (Å²) in [6, 6.07) is 8.78. The lowest BCUT2D eigenvalue weighted by atomic mass is 10.1. The molecule has 1 N–H and O–H groups in total. The molecule has 0 radical (unpaired) electrons. The molecule has 0 amide bonds. The largest absolute Gasteiger partial charge is 0.380 e. The zero-order valence-corrected chi connectivity index (χ0v) is 11.4. The first kappa shape index (κ1) is 13.3.